The molecule has 1 N–H and O–H groups in total. The molecule has 4 nitrogen and oxygen atoms in total. The van der Waals surface area contributed by atoms with Gasteiger partial charge in [-0.25, -0.2) is 8.78 Å². The van der Waals surface area contributed by atoms with Crippen molar-refractivity contribution in [1.29, 1.82) is 0 Å². The fourth-order valence-electron chi connectivity index (χ4n) is 1.82. The predicted octanol–water partition coefficient (Wildman–Crippen LogP) is 2.99. The fraction of sp³-hybridized carbons (Fsp3) is 0.214. The molecule has 0 atom stereocenters. The Morgan fingerprint density at radius 2 is 1.80 bits per heavy atom. The molecule has 20 heavy (non-hydrogen) atoms. The molecule has 106 valence electrons. The van der Waals surface area contributed by atoms with Crippen LogP contribution in [0.3, 0.4) is 0 Å². The highest BCUT2D eigenvalue weighted by Crippen LogP contribution is 2.29. The van der Waals surface area contributed by atoms with Crippen molar-refractivity contribution in [2.24, 2.45) is 0 Å². The van der Waals surface area contributed by atoms with Gasteiger partial charge in [0, 0.05) is 24.0 Å². The molecule has 0 spiro atoms. The Morgan fingerprint density at radius 3 is 2.40 bits per heavy atom. The molecule has 0 fully saturated rings. The number of hydrogen-bond acceptors (Lipinski definition) is 4. The maximum Gasteiger partial charge on any atom is 0.184 e. The van der Waals surface area contributed by atoms with Crippen LogP contribution in [0.1, 0.15) is 5.69 Å². The summed E-state index contributed by atoms with van der Waals surface area (Å²) in [6.07, 6.45) is 1.57. The first kappa shape index (κ1) is 14.0. The molecule has 0 aliphatic heterocycles. The maximum atomic E-state index is 13.1. The van der Waals surface area contributed by atoms with Gasteiger partial charge in [0.15, 0.2) is 11.5 Å². The minimum Gasteiger partial charge on any atom is -0.493 e. The van der Waals surface area contributed by atoms with E-state index in [4.69, 9.17) is 9.47 Å². The molecule has 0 saturated heterocycles. The Morgan fingerprint density at radius 1 is 1.10 bits per heavy atom. The second-order valence-electron chi connectivity index (χ2n) is 4.00. The summed E-state index contributed by atoms with van der Waals surface area (Å²) in [6.45, 7) is 0.253. The number of halogens is 2. The molecule has 0 radical (unpaired) electrons. The van der Waals surface area contributed by atoms with E-state index < -0.39 is 11.6 Å². The van der Waals surface area contributed by atoms with Crippen molar-refractivity contribution in [2.75, 3.05) is 19.5 Å². The van der Waals surface area contributed by atoms with Crippen LogP contribution in [0.15, 0.2) is 30.5 Å². The number of methoxy groups -OCH3 is 2. The van der Waals surface area contributed by atoms with Gasteiger partial charge in [0.2, 0.25) is 0 Å². The van der Waals surface area contributed by atoms with Gasteiger partial charge in [-0.2, -0.15) is 0 Å². The van der Waals surface area contributed by atoms with Gasteiger partial charge in [0.25, 0.3) is 0 Å². The molecule has 0 saturated carbocycles. The average Bonchev–Trinajstić information content (AvgIpc) is 2.43. The van der Waals surface area contributed by atoms with Crippen LogP contribution < -0.4 is 14.8 Å². The Bertz CT molecular complexity index is 585. The smallest absolute Gasteiger partial charge is 0.184 e. The van der Waals surface area contributed by atoms with Gasteiger partial charge < -0.3 is 14.8 Å². The van der Waals surface area contributed by atoms with Crippen molar-refractivity contribution in [1.82, 2.24) is 4.98 Å². The normalized spacial score (nSPS) is 10.2. The molecular formula is C14H14F2N2O2. The number of nitrogens with zero attached hydrogens (tertiary/aromatic N) is 1. The van der Waals surface area contributed by atoms with Gasteiger partial charge >= 0.3 is 0 Å². The number of benzene rings is 1. The molecule has 1 heterocycles. The number of aromatic nitrogens is 1. The van der Waals surface area contributed by atoms with E-state index in [1.807, 2.05) is 0 Å². The van der Waals surface area contributed by atoms with Crippen molar-refractivity contribution < 1.29 is 18.3 Å². The van der Waals surface area contributed by atoms with Crippen molar-refractivity contribution in [3.8, 4) is 11.5 Å². The first-order valence-corrected chi connectivity index (χ1v) is 5.90. The van der Waals surface area contributed by atoms with E-state index in [0.29, 0.717) is 22.9 Å². The summed E-state index contributed by atoms with van der Waals surface area (Å²) in [5.74, 6) is -0.250. The van der Waals surface area contributed by atoms with Crippen LogP contribution in [0.4, 0.5) is 14.5 Å². The van der Waals surface area contributed by atoms with Gasteiger partial charge in [-0.15, -0.1) is 0 Å². The Hall–Kier alpha value is -2.37. The molecule has 1 aromatic carbocycles. The summed E-state index contributed by atoms with van der Waals surface area (Å²) in [7, 11) is 3.03. The van der Waals surface area contributed by atoms with Crippen molar-refractivity contribution in [2.45, 2.75) is 6.54 Å². The number of rotatable bonds is 5. The zero-order valence-electron chi connectivity index (χ0n) is 11.1. The average molecular weight is 280 g/mol. The third kappa shape index (κ3) is 3.14. The van der Waals surface area contributed by atoms with Crippen molar-refractivity contribution in [3.63, 3.8) is 0 Å². The highest BCUT2D eigenvalue weighted by Gasteiger charge is 2.11. The molecule has 0 amide bonds. The van der Waals surface area contributed by atoms with Crippen LogP contribution in [0.25, 0.3) is 0 Å². The van der Waals surface area contributed by atoms with Gasteiger partial charge in [0.1, 0.15) is 17.3 Å². The molecule has 6 heteroatoms. The maximum absolute atomic E-state index is 13.1. The molecule has 2 rings (SSSR count). The van der Waals surface area contributed by atoms with Crippen LogP contribution in [-0.4, -0.2) is 19.2 Å². The SMILES string of the molecule is COc1ccnc(CNc2cc(F)cc(F)c2)c1OC. The lowest BCUT2D eigenvalue weighted by Gasteiger charge is -2.12. The van der Waals surface area contributed by atoms with E-state index in [2.05, 4.69) is 10.3 Å². The lowest BCUT2D eigenvalue weighted by atomic mass is 10.2. The first-order valence-electron chi connectivity index (χ1n) is 5.90. The predicted molar refractivity (Wildman–Crippen MR) is 71.0 cm³/mol. The Labute approximate surface area is 115 Å². The summed E-state index contributed by atoms with van der Waals surface area (Å²) < 4.78 is 36.5. The van der Waals surface area contributed by atoms with E-state index in [1.54, 1.807) is 12.3 Å². The molecule has 0 aliphatic carbocycles. The summed E-state index contributed by atoms with van der Waals surface area (Å²) in [5, 5.41) is 2.89. The van der Waals surface area contributed by atoms with E-state index in [9.17, 15) is 8.78 Å². The zero-order chi connectivity index (χ0) is 14.5. The molecule has 1 aromatic heterocycles. The third-order valence-corrected chi connectivity index (χ3v) is 2.69. The molecular weight excluding hydrogens is 266 g/mol. The van der Waals surface area contributed by atoms with Gasteiger partial charge in [-0.1, -0.05) is 0 Å². The van der Waals surface area contributed by atoms with Crippen LogP contribution in [0.5, 0.6) is 11.5 Å². The highest BCUT2D eigenvalue weighted by atomic mass is 19.1. The minimum atomic E-state index is -0.641. The second-order valence-corrected chi connectivity index (χ2v) is 4.00. The fourth-order valence-corrected chi connectivity index (χ4v) is 1.82. The minimum absolute atomic E-state index is 0.253. The summed E-state index contributed by atoms with van der Waals surface area (Å²) in [6, 6.07) is 4.89. The summed E-state index contributed by atoms with van der Waals surface area (Å²) in [5.41, 5.74) is 0.908. The number of ether oxygens (including phenoxy) is 2. The summed E-state index contributed by atoms with van der Waals surface area (Å²) in [4.78, 5) is 4.16. The zero-order valence-corrected chi connectivity index (χ0v) is 11.1. The number of hydrogen-bond donors (Lipinski definition) is 1. The topological polar surface area (TPSA) is 43.4 Å². The van der Waals surface area contributed by atoms with Crippen LogP contribution >= 0.6 is 0 Å². The second kappa shape index (κ2) is 6.18. The van der Waals surface area contributed by atoms with Gasteiger partial charge in [-0.05, 0) is 12.1 Å². The summed E-state index contributed by atoms with van der Waals surface area (Å²) >= 11 is 0. The monoisotopic (exact) mass is 280 g/mol. The Balaban J connectivity index is 2.18. The Kier molecular flexibility index (Phi) is 4.34. The molecule has 0 bridgehead atoms. The van der Waals surface area contributed by atoms with E-state index in [-0.39, 0.29) is 6.54 Å². The standard InChI is InChI=1S/C14H14F2N2O2/c1-19-13-3-4-17-12(14(13)20-2)8-18-11-6-9(15)5-10(16)7-11/h3-7,18H,8H2,1-2H3. The van der Waals surface area contributed by atoms with Crippen LogP contribution in [0.2, 0.25) is 0 Å². The largest absolute Gasteiger partial charge is 0.493 e. The van der Waals surface area contributed by atoms with Crippen LogP contribution in [-0.2, 0) is 6.54 Å². The number of anilines is 1. The first-order chi connectivity index (χ1) is 9.63. The van der Waals surface area contributed by atoms with E-state index >= 15 is 0 Å². The van der Waals surface area contributed by atoms with Crippen molar-refractivity contribution >= 4 is 5.69 Å². The molecule has 0 unspecified atom stereocenters. The number of pyridine rings is 1. The van der Waals surface area contributed by atoms with Gasteiger partial charge in [-0.3, -0.25) is 4.98 Å². The van der Waals surface area contributed by atoms with Gasteiger partial charge in [0.05, 0.1) is 20.8 Å². The highest BCUT2D eigenvalue weighted by molar-refractivity contribution is 5.47. The van der Waals surface area contributed by atoms with Crippen molar-refractivity contribution in [3.05, 3.63) is 47.8 Å². The quantitative estimate of drug-likeness (QED) is 0.914. The molecule has 2 aromatic rings. The number of nitrogens with one attached hydrogen (secondary N) is 1. The lowest BCUT2D eigenvalue weighted by molar-refractivity contribution is 0.350. The third-order valence-electron chi connectivity index (χ3n) is 2.69. The van der Waals surface area contributed by atoms with E-state index in [0.717, 1.165) is 6.07 Å². The van der Waals surface area contributed by atoms with Crippen LogP contribution in [0, 0.1) is 11.6 Å². The molecule has 0 aliphatic rings. The van der Waals surface area contributed by atoms with E-state index in [1.165, 1.54) is 26.4 Å². The lowest BCUT2D eigenvalue weighted by Crippen LogP contribution is -2.05.